The maximum Gasteiger partial charge on any atom is 0.307 e. The second-order valence-corrected chi connectivity index (χ2v) is 8.41. The standard InChI is InChI=1S/C20H32O3/c1-14(8-11-21)12-15-6-7-17-19(2,3)9-5-10-20(17,4)16(15)13-18(22)23/h8,17,21H,5-7,9-13H2,1-4H3,(H,22,23)/b14-8+/t17?,20-/m0/s1. The molecule has 0 aliphatic heterocycles. The summed E-state index contributed by atoms with van der Waals surface area (Å²) in [5, 5.41) is 18.6. The number of aliphatic hydroxyl groups excluding tert-OH is 1. The van der Waals surface area contributed by atoms with E-state index in [1.54, 1.807) is 0 Å². The molecule has 0 aromatic heterocycles. The summed E-state index contributed by atoms with van der Waals surface area (Å²) >= 11 is 0. The third-order valence-electron chi connectivity index (χ3n) is 6.34. The lowest BCUT2D eigenvalue weighted by atomic mass is 9.49. The number of carboxylic acids is 1. The van der Waals surface area contributed by atoms with Crippen LogP contribution in [0.15, 0.2) is 22.8 Å². The van der Waals surface area contributed by atoms with Gasteiger partial charge in [0.05, 0.1) is 13.0 Å². The number of hydrogen-bond acceptors (Lipinski definition) is 2. The summed E-state index contributed by atoms with van der Waals surface area (Å²) in [6.45, 7) is 9.10. The summed E-state index contributed by atoms with van der Waals surface area (Å²) in [6, 6.07) is 0. The molecule has 0 saturated heterocycles. The molecule has 2 N–H and O–H groups in total. The van der Waals surface area contributed by atoms with Gasteiger partial charge in [-0.25, -0.2) is 0 Å². The Morgan fingerprint density at radius 1 is 1.26 bits per heavy atom. The van der Waals surface area contributed by atoms with Crippen molar-refractivity contribution in [3.05, 3.63) is 22.8 Å². The van der Waals surface area contributed by atoms with Gasteiger partial charge in [-0.3, -0.25) is 4.79 Å². The van der Waals surface area contributed by atoms with Crippen LogP contribution in [0.1, 0.15) is 72.6 Å². The van der Waals surface area contributed by atoms with Crippen molar-refractivity contribution in [2.24, 2.45) is 16.7 Å². The Bertz CT molecular complexity index is 527. The van der Waals surface area contributed by atoms with Gasteiger partial charge < -0.3 is 10.2 Å². The summed E-state index contributed by atoms with van der Waals surface area (Å²) in [4.78, 5) is 11.5. The molecule has 0 heterocycles. The van der Waals surface area contributed by atoms with Crippen LogP contribution in [0.3, 0.4) is 0 Å². The van der Waals surface area contributed by atoms with Gasteiger partial charge in [-0.05, 0) is 55.8 Å². The molecule has 1 fully saturated rings. The molecule has 0 aromatic carbocycles. The minimum Gasteiger partial charge on any atom is -0.481 e. The lowest BCUT2D eigenvalue weighted by Crippen LogP contribution is -2.46. The second-order valence-electron chi connectivity index (χ2n) is 8.41. The minimum absolute atomic E-state index is 0.0210. The van der Waals surface area contributed by atoms with Crippen LogP contribution in [0.5, 0.6) is 0 Å². The Morgan fingerprint density at radius 2 is 1.96 bits per heavy atom. The Kier molecular flexibility index (Phi) is 5.40. The molecule has 3 nitrogen and oxygen atoms in total. The predicted molar refractivity (Wildman–Crippen MR) is 93.2 cm³/mol. The van der Waals surface area contributed by atoms with Crippen molar-refractivity contribution < 1.29 is 15.0 Å². The molecule has 2 atom stereocenters. The second kappa shape index (κ2) is 6.80. The van der Waals surface area contributed by atoms with Crippen LogP contribution in [0, 0.1) is 16.7 Å². The van der Waals surface area contributed by atoms with E-state index >= 15 is 0 Å². The Morgan fingerprint density at radius 3 is 2.57 bits per heavy atom. The summed E-state index contributed by atoms with van der Waals surface area (Å²) in [5.74, 6) is -0.143. The van der Waals surface area contributed by atoms with E-state index in [4.69, 9.17) is 5.11 Å². The number of rotatable bonds is 5. The molecular weight excluding hydrogens is 288 g/mol. The molecule has 0 spiro atoms. The first-order chi connectivity index (χ1) is 10.7. The number of carboxylic acid groups (broad SMARTS) is 1. The zero-order chi connectivity index (χ0) is 17.3. The van der Waals surface area contributed by atoms with Gasteiger partial charge in [0.25, 0.3) is 0 Å². The van der Waals surface area contributed by atoms with E-state index in [2.05, 4.69) is 20.8 Å². The van der Waals surface area contributed by atoms with Gasteiger partial charge in [0, 0.05) is 0 Å². The number of carbonyl (C=O) groups is 1. The lowest BCUT2D eigenvalue weighted by Gasteiger charge is -2.55. The highest BCUT2D eigenvalue weighted by Crippen LogP contribution is 2.60. The minimum atomic E-state index is -0.716. The maximum atomic E-state index is 11.5. The van der Waals surface area contributed by atoms with Gasteiger partial charge >= 0.3 is 5.97 Å². The van der Waals surface area contributed by atoms with Gasteiger partial charge in [-0.2, -0.15) is 0 Å². The molecule has 23 heavy (non-hydrogen) atoms. The normalized spacial score (nSPS) is 31.0. The Balaban J connectivity index is 2.44. The molecule has 2 aliphatic carbocycles. The smallest absolute Gasteiger partial charge is 0.307 e. The van der Waals surface area contributed by atoms with Crippen molar-refractivity contribution in [3.8, 4) is 0 Å². The average Bonchev–Trinajstić information content (AvgIpc) is 2.41. The van der Waals surface area contributed by atoms with Crippen LogP contribution in [-0.2, 0) is 4.79 Å². The SMILES string of the molecule is C/C(=C\CO)CC1=C(CC(=O)O)[C@]2(C)CCCC(C)(C)C2CC1. The first kappa shape index (κ1) is 18.3. The zero-order valence-electron chi connectivity index (χ0n) is 15.1. The van der Waals surface area contributed by atoms with Gasteiger partial charge in [-0.15, -0.1) is 0 Å². The summed E-state index contributed by atoms with van der Waals surface area (Å²) in [5.41, 5.74) is 3.94. The third kappa shape index (κ3) is 3.71. The molecule has 0 bridgehead atoms. The fraction of sp³-hybridized carbons (Fsp3) is 0.750. The summed E-state index contributed by atoms with van der Waals surface area (Å²) < 4.78 is 0. The van der Waals surface area contributed by atoms with Crippen molar-refractivity contribution in [2.45, 2.75) is 72.6 Å². The highest BCUT2D eigenvalue weighted by atomic mass is 16.4. The van der Waals surface area contributed by atoms with Gasteiger partial charge in [-0.1, -0.05) is 50.0 Å². The summed E-state index contributed by atoms with van der Waals surface area (Å²) in [7, 11) is 0. The lowest BCUT2D eigenvalue weighted by molar-refractivity contribution is -0.137. The molecule has 0 amide bonds. The first-order valence-corrected chi connectivity index (χ1v) is 8.90. The molecule has 3 heteroatoms. The van der Waals surface area contributed by atoms with E-state index in [0.717, 1.165) is 31.3 Å². The molecule has 130 valence electrons. The van der Waals surface area contributed by atoms with E-state index in [0.29, 0.717) is 5.92 Å². The van der Waals surface area contributed by atoms with Crippen LogP contribution >= 0.6 is 0 Å². The quantitative estimate of drug-likeness (QED) is 0.721. The Labute approximate surface area is 140 Å². The Hall–Kier alpha value is -1.09. The molecular formula is C20H32O3. The van der Waals surface area contributed by atoms with Crippen molar-refractivity contribution in [3.63, 3.8) is 0 Å². The van der Waals surface area contributed by atoms with Crippen LogP contribution in [0.4, 0.5) is 0 Å². The monoisotopic (exact) mass is 320 g/mol. The number of allylic oxidation sites excluding steroid dienone is 2. The van der Waals surface area contributed by atoms with E-state index in [1.807, 2.05) is 13.0 Å². The van der Waals surface area contributed by atoms with Crippen LogP contribution < -0.4 is 0 Å². The van der Waals surface area contributed by atoms with E-state index in [9.17, 15) is 9.90 Å². The topological polar surface area (TPSA) is 57.5 Å². The third-order valence-corrected chi connectivity index (χ3v) is 6.34. The molecule has 1 saturated carbocycles. The largest absolute Gasteiger partial charge is 0.481 e. The number of fused-ring (bicyclic) bond motifs is 1. The van der Waals surface area contributed by atoms with Crippen molar-refractivity contribution in [1.82, 2.24) is 0 Å². The summed E-state index contributed by atoms with van der Waals surface area (Å²) in [6.07, 6.45) is 8.52. The molecule has 0 radical (unpaired) electrons. The average molecular weight is 320 g/mol. The van der Waals surface area contributed by atoms with Crippen molar-refractivity contribution in [2.75, 3.05) is 6.61 Å². The van der Waals surface area contributed by atoms with Gasteiger partial charge in [0.2, 0.25) is 0 Å². The maximum absolute atomic E-state index is 11.5. The van der Waals surface area contributed by atoms with Crippen LogP contribution in [0.2, 0.25) is 0 Å². The highest BCUT2D eigenvalue weighted by molar-refractivity contribution is 5.71. The van der Waals surface area contributed by atoms with E-state index < -0.39 is 5.97 Å². The highest BCUT2D eigenvalue weighted by Gasteiger charge is 2.50. The zero-order valence-corrected chi connectivity index (χ0v) is 15.1. The van der Waals surface area contributed by atoms with E-state index in [-0.39, 0.29) is 23.9 Å². The van der Waals surface area contributed by atoms with Crippen molar-refractivity contribution in [1.29, 1.82) is 0 Å². The fourth-order valence-corrected chi connectivity index (χ4v) is 5.30. The van der Waals surface area contributed by atoms with Crippen molar-refractivity contribution >= 4 is 5.97 Å². The first-order valence-electron chi connectivity index (χ1n) is 8.90. The fourth-order valence-electron chi connectivity index (χ4n) is 5.30. The molecule has 0 aromatic rings. The molecule has 1 unspecified atom stereocenters. The number of aliphatic carboxylic acids is 1. The van der Waals surface area contributed by atoms with Gasteiger partial charge in [0.15, 0.2) is 0 Å². The number of aliphatic hydroxyl groups is 1. The van der Waals surface area contributed by atoms with Crippen LogP contribution in [-0.4, -0.2) is 22.8 Å². The molecule has 2 aliphatic rings. The van der Waals surface area contributed by atoms with Gasteiger partial charge in [0.1, 0.15) is 0 Å². The predicted octanol–water partition coefficient (Wildman–Crippen LogP) is 4.71. The number of hydrogen-bond donors (Lipinski definition) is 2. The molecule has 2 rings (SSSR count). The van der Waals surface area contributed by atoms with Crippen LogP contribution in [0.25, 0.3) is 0 Å². The van der Waals surface area contributed by atoms with E-state index in [1.165, 1.54) is 24.0 Å².